The third-order valence-electron chi connectivity index (χ3n) is 5.33. The summed E-state index contributed by atoms with van der Waals surface area (Å²) in [6, 6.07) is 9.10. The minimum atomic E-state index is -0.778. The highest BCUT2D eigenvalue weighted by molar-refractivity contribution is 5.90. The highest BCUT2D eigenvalue weighted by atomic mass is 19.1. The number of halogens is 2. The molecule has 0 spiro atoms. The lowest BCUT2D eigenvalue weighted by molar-refractivity contribution is -0.119. The molecule has 0 aromatic heterocycles. The highest BCUT2D eigenvalue weighted by Crippen LogP contribution is 2.43. The van der Waals surface area contributed by atoms with Crippen LogP contribution in [0.5, 0.6) is 0 Å². The molecule has 0 radical (unpaired) electrons. The highest BCUT2D eigenvalue weighted by Gasteiger charge is 2.39. The normalized spacial score (nSPS) is 19.8. The van der Waals surface area contributed by atoms with Crippen LogP contribution in [0.2, 0.25) is 0 Å². The summed E-state index contributed by atoms with van der Waals surface area (Å²) in [7, 11) is 0. The van der Waals surface area contributed by atoms with Crippen molar-refractivity contribution in [1.29, 1.82) is 0 Å². The summed E-state index contributed by atoms with van der Waals surface area (Å²) < 4.78 is 34.7. The van der Waals surface area contributed by atoms with Gasteiger partial charge in [0, 0.05) is 12.5 Å². The summed E-state index contributed by atoms with van der Waals surface area (Å²) in [5.41, 5.74) is 7.08. The lowest BCUT2D eigenvalue weighted by atomic mass is 9.99. The van der Waals surface area contributed by atoms with Crippen molar-refractivity contribution in [3.05, 3.63) is 53.6 Å². The number of nitrogens with two attached hydrogens (primary N) is 1. The van der Waals surface area contributed by atoms with Crippen molar-refractivity contribution < 1.29 is 23.1 Å². The summed E-state index contributed by atoms with van der Waals surface area (Å²) in [6.07, 6.45) is 0.502. The Labute approximate surface area is 166 Å². The molecule has 1 heterocycles. The number of ether oxygens (including phenoxy) is 1. The monoisotopic (exact) mass is 401 g/mol. The first-order valence-electron chi connectivity index (χ1n) is 9.38. The third kappa shape index (κ3) is 3.80. The Hall–Kier alpha value is -3.00. The predicted molar refractivity (Wildman–Crippen MR) is 103 cm³/mol. The zero-order valence-electron chi connectivity index (χ0n) is 15.9. The van der Waals surface area contributed by atoms with Crippen LogP contribution in [-0.2, 0) is 15.1 Å². The molecule has 2 aliphatic rings. The number of rotatable bonds is 5. The molecular formula is C21H21F2N3O3. The Morgan fingerprint density at radius 3 is 2.41 bits per heavy atom. The quantitative estimate of drug-likeness (QED) is 0.807. The van der Waals surface area contributed by atoms with Crippen molar-refractivity contribution in [2.45, 2.75) is 31.4 Å². The molecule has 2 aromatic carbocycles. The standard InChI is InChI=1S/C21H21F2N3O3/c1-12(27)25-10-16-11-26(20(28)29-16)15-8-17(22)19(18(23)9-15)13-2-4-14(5-3-13)21(24)6-7-21/h2-5,8-9,16H,6-7,10-11,24H2,1H3,(H,25,27)/t16-/m0/s1. The molecule has 1 aliphatic heterocycles. The molecule has 2 fully saturated rings. The fraction of sp³-hybridized carbons (Fsp3) is 0.333. The van der Waals surface area contributed by atoms with Crippen LogP contribution in [0.1, 0.15) is 25.3 Å². The minimum Gasteiger partial charge on any atom is -0.442 e. The number of hydrogen-bond acceptors (Lipinski definition) is 4. The SMILES string of the molecule is CC(=O)NC[C@H]1CN(c2cc(F)c(-c3ccc(C4(N)CC4)cc3)c(F)c2)C(=O)O1. The number of nitrogens with zero attached hydrogens (tertiary/aromatic N) is 1. The van der Waals surface area contributed by atoms with Gasteiger partial charge in [0.2, 0.25) is 5.91 Å². The number of amides is 2. The second-order valence-corrected chi connectivity index (χ2v) is 7.57. The van der Waals surface area contributed by atoms with E-state index < -0.39 is 23.8 Å². The molecule has 1 saturated heterocycles. The van der Waals surface area contributed by atoms with E-state index in [1.54, 1.807) is 24.3 Å². The van der Waals surface area contributed by atoms with E-state index in [0.29, 0.717) is 5.56 Å². The van der Waals surface area contributed by atoms with Gasteiger partial charge in [0.15, 0.2) is 0 Å². The minimum absolute atomic E-state index is 0.0644. The average molecular weight is 401 g/mol. The maximum Gasteiger partial charge on any atom is 0.414 e. The van der Waals surface area contributed by atoms with Gasteiger partial charge in [-0.15, -0.1) is 0 Å². The number of nitrogens with one attached hydrogen (secondary N) is 1. The molecule has 1 atom stereocenters. The van der Waals surface area contributed by atoms with E-state index in [0.717, 1.165) is 35.4 Å². The number of carbonyl (C=O) groups excluding carboxylic acids is 2. The zero-order valence-corrected chi connectivity index (χ0v) is 15.9. The Morgan fingerprint density at radius 2 is 1.86 bits per heavy atom. The van der Waals surface area contributed by atoms with Gasteiger partial charge in [-0.2, -0.15) is 0 Å². The van der Waals surface area contributed by atoms with Crippen molar-refractivity contribution >= 4 is 17.7 Å². The lowest BCUT2D eigenvalue weighted by Gasteiger charge is -2.16. The van der Waals surface area contributed by atoms with Gasteiger partial charge in [0.25, 0.3) is 0 Å². The van der Waals surface area contributed by atoms with Crippen molar-refractivity contribution in [3.8, 4) is 11.1 Å². The van der Waals surface area contributed by atoms with Crippen LogP contribution in [0.15, 0.2) is 36.4 Å². The first kappa shape index (κ1) is 19.3. The summed E-state index contributed by atoms with van der Waals surface area (Å²) in [4.78, 5) is 24.2. The van der Waals surface area contributed by atoms with Crippen LogP contribution in [0.25, 0.3) is 11.1 Å². The topological polar surface area (TPSA) is 84.7 Å². The zero-order chi connectivity index (χ0) is 20.8. The van der Waals surface area contributed by atoms with Gasteiger partial charge in [-0.05, 0) is 36.1 Å². The number of anilines is 1. The van der Waals surface area contributed by atoms with Crippen LogP contribution >= 0.6 is 0 Å². The van der Waals surface area contributed by atoms with Gasteiger partial charge in [0.1, 0.15) is 17.7 Å². The molecule has 2 amide bonds. The Morgan fingerprint density at radius 1 is 1.24 bits per heavy atom. The van der Waals surface area contributed by atoms with Crippen LogP contribution in [-0.4, -0.2) is 31.2 Å². The number of benzene rings is 2. The Kier molecular flexibility index (Phi) is 4.74. The second-order valence-electron chi connectivity index (χ2n) is 7.57. The summed E-state index contributed by atoms with van der Waals surface area (Å²) in [6.45, 7) is 1.57. The van der Waals surface area contributed by atoms with Crippen LogP contribution < -0.4 is 16.0 Å². The third-order valence-corrected chi connectivity index (χ3v) is 5.33. The average Bonchev–Trinajstić information content (AvgIpc) is 3.30. The fourth-order valence-electron chi connectivity index (χ4n) is 3.48. The van der Waals surface area contributed by atoms with Gasteiger partial charge in [-0.1, -0.05) is 24.3 Å². The van der Waals surface area contributed by atoms with Crippen LogP contribution in [0.4, 0.5) is 19.3 Å². The van der Waals surface area contributed by atoms with Gasteiger partial charge < -0.3 is 15.8 Å². The lowest BCUT2D eigenvalue weighted by Crippen LogP contribution is -2.33. The summed E-state index contributed by atoms with van der Waals surface area (Å²) in [5, 5.41) is 2.55. The summed E-state index contributed by atoms with van der Waals surface area (Å²) >= 11 is 0. The van der Waals surface area contributed by atoms with Crippen molar-refractivity contribution in [2.24, 2.45) is 5.73 Å². The van der Waals surface area contributed by atoms with Gasteiger partial charge in [-0.25, -0.2) is 13.6 Å². The molecular weight excluding hydrogens is 380 g/mol. The van der Waals surface area contributed by atoms with Crippen LogP contribution in [0, 0.1) is 11.6 Å². The molecule has 2 aromatic rings. The number of cyclic esters (lactones) is 1. The molecule has 8 heteroatoms. The first-order chi connectivity index (χ1) is 13.8. The predicted octanol–water partition coefficient (Wildman–Crippen LogP) is 3.04. The van der Waals surface area contributed by atoms with Crippen molar-refractivity contribution in [3.63, 3.8) is 0 Å². The molecule has 1 aliphatic carbocycles. The van der Waals surface area contributed by atoms with Crippen LogP contribution in [0.3, 0.4) is 0 Å². The van der Waals surface area contributed by atoms with E-state index in [1.807, 2.05) is 0 Å². The Balaban J connectivity index is 1.56. The number of carbonyl (C=O) groups is 2. The molecule has 29 heavy (non-hydrogen) atoms. The summed E-state index contributed by atoms with van der Waals surface area (Å²) in [5.74, 6) is -1.81. The van der Waals surface area contributed by atoms with Crippen molar-refractivity contribution in [1.82, 2.24) is 5.32 Å². The van der Waals surface area contributed by atoms with E-state index in [1.165, 1.54) is 6.92 Å². The number of hydrogen-bond donors (Lipinski definition) is 2. The van der Waals surface area contributed by atoms with Gasteiger partial charge in [-0.3, -0.25) is 9.69 Å². The van der Waals surface area contributed by atoms with Gasteiger partial charge >= 0.3 is 6.09 Å². The molecule has 3 N–H and O–H groups in total. The van der Waals surface area contributed by atoms with E-state index in [9.17, 15) is 18.4 Å². The maximum absolute atomic E-state index is 14.8. The molecule has 6 nitrogen and oxygen atoms in total. The van der Waals surface area contributed by atoms with Gasteiger partial charge in [0.05, 0.1) is 24.3 Å². The molecule has 0 bridgehead atoms. The molecule has 152 valence electrons. The maximum atomic E-state index is 14.8. The second kappa shape index (κ2) is 7.11. The fourth-order valence-corrected chi connectivity index (χ4v) is 3.48. The van der Waals surface area contributed by atoms with E-state index >= 15 is 0 Å². The smallest absolute Gasteiger partial charge is 0.414 e. The Bertz CT molecular complexity index is 951. The first-order valence-corrected chi connectivity index (χ1v) is 9.38. The largest absolute Gasteiger partial charge is 0.442 e. The van der Waals surface area contributed by atoms with E-state index in [4.69, 9.17) is 10.5 Å². The molecule has 1 saturated carbocycles. The van der Waals surface area contributed by atoms with E-state index in [2.05, 4.69) is 5.32 Å². The molecule has 4 rings (SSSR count). The van der Waals surface area contributed by atoms with E-state index in [-0.39, 0.29) is 35.8 Å². The molecule has 0 unspecified atom stereocenters. The van der Waals surface area contributed by atoms with Crippen molar-refractivity contribution in [2.75, 3.05) is 18.0 Å².